The zero-order valence-corrected chi connectivity index (χ0v) is 46.3. The van der Waals surface area contributed by atoms with Crippen LogP contribution < -0.4 is 4.74 Å². The van der Waals surface area contributed by atoms with Crippen molar-refractivity contribution < 1.29 is 23.8 Å². The zero-order chi connectivity index (χ0) is 48.2. The Hall–Kier alpha value is -2.27. The Labute approximate surface area is 406 Å². The van der Waals surface area contributed by atoms with Crippen LogP contribution >= 0.6 is 0 Å². The second kappa shape index (κ2) is 24.5. The van der Waals surface area contributed by atoms with Gasteiger partial charge in [0.1, 0.15) is 5.75 Å². The molecule has 0 atom stereocenters. The van der Waals surface area contributed by atoms with Crippen LogP contribution in [0.15, 0.2) is 54.6 Å². The van der Waals surface area contributed by atoms with E-state index in [-0.39, 0.29) is 28.7 Å². The molecule has 0 aromatic heterocycles. The summed E-state index contributed by atoms with van der Waals surface area (Å²) in [6.45, 7) is 30.2. The maximum absolute atomic E-state index is 10.2. The molecule has 0 unspecified atom stereocenters. The van der Waals surface area contributed by atoms with E-state index < -0.39 is 16.6 Å². The highest BCUT2D eigenvalue weighted by molar-refractivity contribution is 6.74. The summed E-state index contributed by atoms with van der Waals surface area (Å²) in [6, 6.07) is 21.5. The average Bonchev–Trinajstić information content (AvgIpc) is 4.14. The van der Waals surface area contributed by atoms with Gasteiger partial charge in [-0.3, -0.25) is 0 Å². The molecule has 66 heavy (non-hydrogen) atoms. The molecule has 2 aliphatic carbocycles. The van der Waals surface area contributed by atoms with Gasteiger partial charge >= 0.3 is 0 Å². The highest BCUT2D eigenvalue weighted by atomic mass is 28.4. The van der Waals surface area contributed by atoms with E-state index in [1.165, 1.54) is 97.6 Å². The Bertz CT molecular complexity index is 1850. The average molecular weight is 942 g/mol. The molecule has 0 heterocycles. The number of aryl methyl sites for hydroxylation is 2. The van der Waals surface area contributed by atoms with Crippen molar-refractivity contribution in [3.05, 3.63) is 76.9 Å². The number of ether oxygens (including phenoxy) is 1. The molecule has 2 N–H and O–H groups in total. The number of aliphatic hydroxyl groups is 2. The van der Waals surface area contributed by atoms with Crippen LogP contribution in [-0.4, -0.2) is 59.9 Å². The number of benzene rings is 3. The first-order valence-corrected chi connectivity index (χ1v) is 32.6. The lowest BCUT2D eigenvalue weighted by atomic mass is 9.77. The first kappa shape index (κ1) is 54.7. The van der Waals surface area contributed by atoms with E-state index >= 15 is 0 Å². The van der Waals surface area contributed by atoms with E-state index in [4.69, 9.17) is 13.6 Å². The van der Waals surface area contributed by atoms with Gasteiger partial charge in [-0.1, -0.05) is 136 Å². The van der Waals surface area contributed by atoms with Crippen molar-refractivity contribution in [2.45, 2.75) is 219 Å². The highest BCUT2D eigenvalue weighted by Gasteiger charge is 2.43. The minimum absolute atomic E-state index is 0.114. The van der Waals surface area contributed by atoms with Crippen molar-refractivity contribution in [3.63, 3.8) is 0 Å². The molecule has 0 amide bonds. The standard InChI is InChI=1S/C59H96O5Si2/c1-13-15-17-20-45-23-25-46(26-24-45)47-27-29-48(30-28-47)50-33-34-54(55(42-50)49-31-32-49)53-40-51(21-18-37-60)56(52(41-53)22-19-38-61)62-39-36-59(35-16-14-2,43-63-65(9,10)57(3,4)5)44-64-66(11,12)58(6,7)8/h27-30,33-34,40-42,45-46,49,60-61H,13-26,31-32,35-39,43-44H2,1-12H3/t45-,46-. The molecule has 3 aromatic carbocycles. The smallest absolute Gasteiger partial charge is 0.192 e. The third kappa shape index (κ3) is 15.1. The second-order valence-electron chi connectivity index (χ2n) is 24.0. The van der Waals surface area contributed by atoms with Crippen LogP contribution in [-0.2, 0) is 21.7 Å². The van der Waals surface area contributed by atoms with E-state index in [0.717, 1.165) is 61.3 Å². The van der Waals surface area contributed by atoms with E-state index in [1.54, 1.807) is 0 Å². The van der Waals surface area contributed by atoms with Gasteiger partial charge in [0.05, 0.1) is 6.61 Å². The maximum atomic E-state index is 10.2. The summed E-state index contributed by atoms with van der Waals surface area (Å²) >= 11 is 0. The summed E-state index contributed by atoms with van der Waals surface area (Å²) in [4.78, 5) is 0. The van der Waals surface area contributed by atoms with Gasteiger partial charge in [-0.05, 0) is 188 Å². The molecule has 0 bridgehead atoms. The number of rotatable bonds is 27. The molecule has 2 fully saturated rings. The highest BCUT2D eigenvalue weighted by Crippen LogP contribution is 2.48. The summed E-state index contributed by atoms with van der Waals surface area (Å²) < 4.78 is 21.3. The van der Waals surface area contributed by atoms with E-state index in [1.807, 2.05) is 0 Å². The van der Waals surface area contributed by atoms with Gasteiger partial charge in [0, 0.05) is 31.8 Å². The van der Waals surface area contributed by atoms with E-state index in [9.17, 15) is 10.2 Å². The van der Waals surface area contributed by atoms with Gasteiger partial charge in [-0.15, -0.1) is 0 Å². The zero-order valence-electron chi connectivity index (χ0n) is 44.3. The Morgan fingerprint density at radius 2 is 1.11 bits per heavy atom. The maximum Gasteiger partial charge on any atom is 0.192 e. The molecule has 0 spiro atoms. The number of hydrogen-bond acceptors (Lipinski definition) is 5. The Balaban J connectivity index is 1.43. The van der Waals surface area contributed by atoms with Crippen molar-refractivity contribution >= 4 is 16.6 Å². The van der Waals surface area contributed by atoms with Crippen LogP contribution in [0, 0.1) is 11.3 Å². The molecule has 0 radical (unpaired) electrons. The summed E-state index contributed by atoms with van der Waals surface area (Å²) in [7, 11) is -4.07. The normalized spacial score (nSPS) is 17.7. The van der Waals surface area contributed by atoms with Crippen LogP contribution in [0.2, 0.25) is 36.3 Å². The van der Waals surface area contributed by atoms with Gasteiger partial charge < -0.3 is 23.8 Å². The number of unbranched alkanes of at least 4 members (excludes halogenated alkanes) is 3. The number of hydrogen-bond donors (Lipinski definition) is 2. The minimum atomic E-state index is -2.03. The SMILES string of the molecule is CCCCC[C@H]1CC[C@H](c2ccc(-c3ccc(-c4cc(CCCO)c(OCCC(CCCC)(CO[Si](C)(C)C(C)(C)C)CO[Si](C)(C)C(C)(C)C)c(CCCO)c4)c(C4CC4)c3)cc2)CC1. The fraction of sp³-hybridized carbons (Fsp3) is 0.695. The number of aliphatic hydroxyl groups excluding tert-OH is 2. The molecule has 2 saturated carbocycles. The van der Waals surface area contributed by atoms with Crippen molar-refractivity contribution in [2.75, 3.05) is 33.0 Å². The summed E-state index contributed by atoms with van der Waals surface area (Å²) in [5.74, 6) is 3.14. The van der Waals surface area contributed by atoms with Gasteiger partial charge in [0.15, 0.2) is 16.6 Å². The molecule has 7 heteroatoms. The molecule has 370 valence electrons. The Kier molecular flexibility index (Phi) is 20.3. The minimum Gasteiger partial charge on any atom is -0.493 e. The quantitative estimate of drug-likeness (QED) is 0.0589. The van der Waals surface area contributed by atoms with Gasteiger partial charge in [-0.2, -0.15) is 0 Å². The lowest BCUT2D eigenvalue weighted by molar-refractivity contribution is 0.0357. The van der Waals surface area contributed by atoms with Gasteiger partial charge in [-0.25, -0.2) is 0 Å². The van der Waals surface area contributed by atoms with Gasteiger partial charge in [0.2, 0.25) is 0 Å². The topological polar surface area (TPSA) is 68.2 Å². The predicted molar refractivity (Wildman–Crippen MR) is 287 cm³/mol. The fourth-order valence-electron chi connectivity index (χ4n) is 9.63. The van der Waals surface area contributed by atoms with Crippen molar-refractivity contribution in [3.8, 4) is 28.0 Å². The molecule has 5 nitrogen and oxygen atoms in total. The van der Waals surface area contributed by atoms with Crippen molar-refractivity contribution in [2.24, 2.45) is 11.3 Å². The van der Waals surface area contributed by atoms with Crippen molar-refractivity contribution in [1.82, 2.24) is 0 Å². The van der Waals surface area contributed by atoms with Crippen molar-refractivity contribution in [1.29, 1.82) is 0 Å². The van der Waals surface area contributed by atoms with E-state index in [0.29, 0.717) is 44.5 Å². The van der Waals surface area contributed by atoms with Crippen LogP contribution in [0.3, 0.4) is 0 Å². The fourth-order valence-corrected chi connectivity index (χ4v) is 11.8. The lowest BCUT2D eigenvalue weighted by Crippen LogP contribution is -2.48. The first-order valence-electron chi connectivity index (χ1n) is 26.8. The summed E-state index contributed by atoms with van der Waals surface area (Å²) in [6.07, 6.45) is 20.4. The first-order chi connectivity index (χ1) is 31.3. The van der Waals surface area contributed by atoms with Gasteiger partial charge in [0.25, 0.3) is 0 Å². The lowest BCUT2D eigenvalue weighted by Gasteiger charge is -2.44. The molecule has 0 saturated heterocycles. The van der Waals surface area contributed by atoms with Crippen LogP contribution in [0.1, 0.15) is 192 Å². The third-order valence-corrected chi connectivity index (χ3v) is 25.6. The van der Waals surface area contributed by atoms with E-state index in [2.05, 4.69) is 136 Å². The molecule has 2 aliphatic rings. The molecule has 0 aliphatic heterocycles. The molecule has 5 rings (SSSR count). The summed E-state index contributed by atoms with van der Waals surface area (Å²) in [5.41, 5.74) is 10.2. The largest absolute Gasteiger partial charge is 0.493 e. The predicted octanol–water partition coefficient (Wildman–Crippen LogP) is 16.6. The van der Waals surface area contributed by atoms with Crippen LogP contribution in [0.4, 0.5) is 0 Å². The Morgan fingerprint density at radius 3 is 1.61 bits per heavy atom. The van der Waals surface area contributed by atoms with Crippen LogP contribution in [0.5, 0.6) is 5.75 Å². The summed E-state index contributed by atoms with van der Waals surface area (Å²) in [5, 5.41) is 20.5. The second-order valence-corrected chi connectivity index (χ2v) is 33.6. The molecular weight excluding hydrogens is 845 g/mol. The molecular formula is C59H96O5Si2. The van der Waals surface area contributed by atoms with Crippen LogP contribution in [0.25, 0.3) is 22.3 Å². The molecule has 3 aromatic rings. The Morgan fingerprint density at radius 1 is 0.576 bits per heavy atom. The monoisotopic (exact) mass is 941 g/mol. The third-order valence-electron chi connectivity index (χ3n) is 16.6.